The van der Waals surface area contributed by atoms with E-state index in [1.165, 1.54) is 0 Å². The molecule has 1 amide bonds. The number of nitrogens with one attached hydrogen (secondary N) is 1. The number of carbonyl (C=O) groups excluding carboxylic acids is 1. The van der Waals surface area contributed by atoms with Crippen LogP contribution >= 0.6 is 0 Å². The van der Waals surface area contributed by atoms with Gasteiger partial charge in [-0.1, -0.05) is 12.8 Å². The van der Waals surface area contributed by atoms with Gasteiger partial charge in [0.15, 0.2) is 11.5 Å². The molecule has 1 aliphatic rings. The Morgan fingerprint density at radius 1 is 1.13 bits per heavy atom. The summed E-state index contributed by atoms with van der Waals surface area (Å²) in [7, 11) is 3.19. The van der Waals surface area contributed by atoms with Crippen molar-refractivity contribution < 1.29 is 19.0 Å². The van der Waals surface area contributed by atoms with E-state index < -0.39 is 0 Å². The monoisotopic (exact) mass is 411 g/mol. The molecule has 1 aromatic carbocycles. The molecule has 0 saturated heterocycles. The molecule has 3 aromatic rings. The molecule has 9 nitrogen and oxygen atoms in total. The lowest BCUT2D eigenvalue weighted by atomic mass is 10.1. The number of hydrogen-bond acceptors (Lipinski definition) is 7. The Labute approximate surface area is 174 Å². The Kier molecular flexibility index (Phi) is 5.97. The van der Waals surface area contributed by atoms with E-state index in [9.17, 15) is 4.79 Å². The van der Waals surface area contributed by atoms with Gasteiger partial charge in [-0.2, -0.15) is 4.52 Å². The van der Waals surface area contributed by atoms with Gasteiger partial charge in [0, 0.05) is 12.0 Å². The third-order valence-corrected chi connectivity index (χ3v) is 5.26. The van der Waals surface area contributed by atoms with Crippen LogP contribution in [0, 0.1) is 5.92 Å². The molecule has 1 saturated carbocycles. The Balaban J connectivity index is 1.47. The number of fused-ring (bicyclic) bond motifs is 1. The van der Waals surface area contributed by atoms with Gasteiger partial charge in [0.2, 0.25) is 11.8 Å². The fourth-order valence-electron chi connectivity index (χ4n) is 3.67. The fraction of sp³-hybridized carbons (Fsp3) is 0.429. The maximum Gasteiger partial charge on any atom is 0.231 e. The molecule has 0 bridgehead atoms. The molecule has 1 aliphatic carbocycles. The summed E-state index contributed by atoms with van der Waals surface area (Å²) < 4.78 is 18.1. The maximum atomic E-state index is 12.1. The zero-order valence-corrected chi connectivity index (χ0v) is 17.1. The Hall–Kier alpha value is -3.36. The predicted octanol–water partition coefficient (Wildman–Crippen LogP) is 2.49. The predicted molar refractivity (Wildman–Crippen MR) is 110 cm³/mol. The first-order valence-electron chi connectivity index (χ1n) is 10.0. The number of carbonyl (C=O) groups is 1. The second-order valence-electron chi connectivity index (χ2n) is 7.15. The van der Waals surface area contributed by atoms with Crippen LogP contribution in [-0.4, -0.2) is 53.1 Å². The van der Waals surface area contributed by atoms with Crippen molar-refractivity contribution in [2.45, 2.75) is 25.7 Å². The van der Waals surface area contributed by atoms with E-state index in [2.05, 4.69) is 20.6 Å². The smallest absolute Gasteiger partial charge is 0.231 e. The van der Waals surface area contributed by atoms with Crippen molar-refractivity contribution in [2.24, 2.45) is 5.92 Å². The molecule has 4 rings (SSSR count). The topological polar surface area (TPSA) is 99.9 Å². The van der Waals surface area contributed by atoms with Crippen molar-refractivity contribution in [2.75, 3.05) is 27.4 Å². The van der Waals surface area contributed by atoms with Gasteiger partial charge in [-0.05, 0) is 37.1 Å². The first-order valence-corrected chi connectivity index (χ1v) is 10.0. The van der Waals surface area contributed by atoms with Crippen molar-refractivity contribution in [3.63, 3.8) is 0 Å². The molecular formula is C21H25N5O4. The van der Waals surface area contributed by atoms with E-state index >= 15 is 0 Å². The molecular weight excluding hydrogens is 386 g/mol. The second-order valence-corrected chi connectivity index (χ2v) is 7.15. The first kappa shape index (κ1) is 19.9. The summed E-state index contributed by atoms with van der Waals surface area (Å²) in [4.78, 5) is 12.1. The third kappa shape index (κ3) is 4.14. The maximum absolute atomic E-state index is 12.1. The molecule has 0 unspecified atom stereocenters. The number of methoxy groups -OCH3 is 2. The Morgan fingerprint density at radius 2 is 1.97 bits per heavy atom. The highest BCUT2D eigenvalue weighted by Crippen LogP contribution is 2.32. The number of ether oxygens (including phenoxy) is 3. The summed E-state index contributed by atoms with van der Waals surface area (Å²) in [6.07, 6.45) is 4.24. The van der Waals surface area contributed by atoms with E-state index in [0.29, 0.717) is 47.6 Å². The van der Waals surface area contributed by atoms with Crippen LogP contribution in [-0.2, 0) is 4.79 Å². The minimum absolute atomic E-state index is 0.116. The Morgan fingerprint density at radius 3 is 2.73 bits per heavy atom. The molecule has 1 N–H and O–H groups in total. The zero-order chi connectivity index (χ0) is 20.9. The first-order chi connectivity index (χ1) is 14.7. The van der Waals surface area contributed by atoms with Crippen molar-refractivity contribution >= 4 is 11.6 Å². The lowest BCUT2D eigenvalue weighted by Crippen LogP contribution is -2.32. The fourth-order valence-corrected chi connectivity index (χ4v) is 3.67. The normalized spacial score (nSPS) is 14.1. The van der Waals surface area contributed by atoms with Gasteiger partial charge in [0.1, 0.15) is 18.1 Å². The summed E-state index contributed by atoms with van der Waals surface area (Å²) in [5.74, 6) is 2.50. The van der Waals surface area contributed by atoms with Crippen LogP contribution in [0.25, 0.3) is 17.0 Å². The van der Waals surface area contributed by atoms with Crippen LogP contribution < -0.4 is 19.5 Å². The quantitative estimate of drug-likeness (QED) is 0.569. The van der Waals surface area contributed by atoms with Crippen molar-refractivity contribution in [1.29, 1.82) is 0 Å². The summed E-state index contributed by atoms with van der Waals surface area (Å²) in [6, 6.07) is 8.96. The van der Waals surface area contributed by atoms with Crippen LogP contribution in [0.2, 0.25) is 0 Å². The van der Waals surface area contributed by atoms with Crippen LogP contribution in [0.1, 0.15) is 25.7 Å². The standard InChI is InChI=1S/C21H25N5O4/c1-28-15-7-8-17(29-2)16(13-15)20-24-23-18-9-10-19(25-26(18)20)30-12-11-22-21(27)14-5-3-4-6-14/h7-10,13-14H,3-6,11-12H2,1-2H3,(H,22,27). The van der Waals surface area contributed by atoms with E-state index in [-0.39, 0.29) is 11.8 Å². The van der Waals surface area contributed by atoms with Crippen molar-refractivity contribution in [3.8, 4) is 28.8 Å². The summed E-state index contributed by atoms with van der Waals surface area (Å²) in [5.41, 5.74) is 1.29. The number of nitrogens with zero attached hydrogens (tertiary/aromatic N) is 4. The molecule has 2 aromatic heterocycles. The average molecular weight is 411 g/mol. The molecule has 30 heavy (non-hydrogen) atoms. The van der Waals surface area contributed by atoms with Crippen LogP contribution in [0.4, 0.5) is 0 Å². The average Bonchev–Trinajstić information content (AvgIpc) is 3.46. The van der Waals surface area contributed by atoms with Gasteiger partial charge in [0.25, 0.3) is 0 Å². The second kappa shape index (κ2) is 8.98. The molecule has 158 valence electrons. The number of hydrogen-bond donors (Lipinski definition) is 1. The molecule has 1 fully saturated rings. The molecule has 0 atom stereocenters. The number of amides is 1. The molecule has 2 heterocycles. The van der Waals surface area contributed by atoms with Crippen LogP contribution in [0.3, 0.4) is 0 Å². The minimum atomic E-state index is 0.116. The van der Waals surface area contributed by atoms with Crippen molar-refractivity contribution in [3.05, 3.63) is 30.3 Å². The van der Waals surface area contributed by atoms with Gasteiger partial charge in [-0.3, -0.25) is 4.79 Å². The van der Waals surface area contributed by atoms with Gasteiger partial charge < -0.3 is 19.5 Å². The SMILES string of the molecule is COc1ccc(OC)c(-c2nnc3ccc(OCCNC(=O)C4CCCC4)nn23)c1. The van der Waals surface area contributed by atoms with E-state index in [1.807, 2.05) is 18.2 Å². The van der Waals surface area contributed by atoms with Gasteiger partial charge >= 0.3 is 0 Å². The van der Waals surface area contributed by atoms with Crippen LogP contribution in [0.5, 0.6) is 17.4 Å². The molecule has 0 spiro atoms. The zero-order valence-electron chi connectivity index (χ0n) is 17.1. The lowest BCUT2D eigenvalue weighted by molar-refractivity contribution is -0.124. The van der Waals surface area contributed by atoms with E-state index in [4.69, 9.17) is 14.2 Å². The minimum Gasteiger partial charge on any atom is -0.497 e. The van der Waals surface area contributed by atoms with Gasteiger partial charge in [-0.15, -0.1) is 15.3 Å². The third-order valence-electron chi connectivity index (χ3n) is 5.26. The number of aromatic nitrogens is 4. The summed E-state index contributed by atoms with van der Waals surface area (Å²) in [6.45, 7) is 0.769. The van der Waals surface area contributed by atoms with Gasteiger partial charge in [0.05, 0.1) is 26.3 Å². The highest BCUT2D eigenvalue weighted by atomic mass is 16.5. The molecule has 0 radical (unpaired) electrons. The Bertz CT molecular complexity index is 1030. The van der Waals surface area contributed by atoms with Crippen molar-refractivity contribution in [1.82, 2.24) is 25.1 Å². The highest BCUT2D eigenvalue weighted by molar-refractivity contribution is 5.78. The molecule has 0 aliphatic heterocycles. The highest BCUT2D eigenvalue weighted by Gasteiger charge is 2.22. The lowest BCUT2D eigenvalue weighted by Gasteiger charge is -2.11. The van der Waals surface area contributed by atoms with Gasteiger partial charge in [-0.25, -0.2) is 0 Å². The summed E-state index contributed by atoms with van der Waals surface area (Å²) in [5, 5.41) is 15.9. The number of rotatable bonds is 8. The van der Waals surface area contributed by atoms with E-state index in [0.717, 1.165) is 25.7 Å². The van der Waals surface area contributed by atoms with E-state index in [1.54, 1.807) is 30.9 Å². The molecule has 9 heteroatoms. The largest absolute Gasteiger partial charge is 0.497 e. The number of benzene rings is 1. The van der Waals surface area contributed by atoms with Crippen LogP contribution in [0.15, 0.2) is 30.3 Å². The summed E-state index contributed by atoms with van der Waals surface area (Å²) >= 11 is 0.